The van der Waals surface area contributed by atoms with Gasteiger partial charge in [0.25, 0.3) is 0 Å². The minimum Gasteiger partial charge on any atom is -0.370 e. The van der Waals surface area contributed by atoms with E-state index in [0.717, 1.165) is 18.7 Å². The van der Waals surface area contributed by atoms with E-state index in [2.05, 4.69) is 59.6 Å². The molecule has 0 fully saturated rings. The van der Waals surface area contributed by atoms with Crippen molar-refractivity contribution in [3.8, 4) is 16.3 Å². The Labute approximate surface area is 141 Å². The van der Waals surface area contributed by atoms with E-state index in [1.807, 2.05) is 0 Å². The Hall–Kier alpha value is -2.07. The van der Waals surface area contributed by atoms with Gasteiger partial charge in [0, 0.05) is 12.1 Å². The van der Waals surface area contributed by atoms with Crippen molar-refractivity contribution in [2.24, 2.45) is 0 Å². The molecule has 0 bridgehead atoms. The lowest BCUT2D eigenvalue weighted by Crippen LogP contribution is -2.08. The summed E-state index contributed by atoms with van der Waals surface area (Å²) in [7, 11) is 0. The molecule has 1 aliphatic heterocycles. The molecule has 3 aromatic rings. The fraction of sp³-hybridized carbons (Fsp3) is 0.316. The average Bonchev–Trinajstić information content (AvgIpc) is 3.12. The maximum absolute atomic E-state index is 5.01. The first-order valence-electron chi connectivity index (χ1n) is 8.21. The van der Waals surface area contributed by atoms with Gasteiger partial charge in [0.15, 0.2) is 0 Å². The number of nitrogens with zero attached hydrogens (tertiary/aromatic N) is 2. The highest BCUT2D eigenvalue weighted by molar-refractivity contribution is 7.13. The molecule has 0 radical (unpaired) electrons. The van der Waals surface area contributed by atoms with E-state index in [0.29, 0.717) is 0 Å². The van der Waals surface area contributed by atoms with Gasteiger partial charge in [-0.2, -0.15) is 5.10 Å². The van der Waals surface area contributed by atoms with E-state index >= 15 is 0 Å². The number of nitrogens with one attached hydrogen (secondary N) is 1. The summed E-state index contributed by atoms with van der Waals surface area (Å²) in [4.78, 5) is 1.26. The van der Waals surface area contributed by atoms with Crippen LogP contribution in [0, 0.1) is 13.8 Å². The molecule has 1 N–H and O–H groups in total. The van der Waals surface area contributed by atoms with Crippen LogP contribution < -0.4 is 5.32 Å². The van der Waals surface area contributed by atoms with Crippen LogP contribution in [0.5, 0.6) is 0 Å². The summed E-state index contributed by atoms with van der Waals surface area (Å²) in [6, 6.07) is 10.8. The summed E-state index contributed by atoms with van der Waals surface area (Å²) in [6.45, 7) is 5.32. The molecule has 0 atom stereocenters. The van der Waals surface area contributed by atoms with Crippen molar-refractivity contribution in [2.75, 3.05) is 11.9 Å². The molecule has 0 amide bonds. The monoisotopic (exact) mass is 323 g/mol. The van der Waals surface area contributed by atoms with Crippen LogP contribution in [-0.2, 0) is 6.42 Å². The van der Waals surface area contributed by atoms with Crippen LogP contribution >= 0.6 is 11.3 Å². The molecule has 0 saturated carbocycles. The number of hydrogen-bond donors (Lipinski definition) is 1. The molecule has 0 spiro atoms. The molecule has 0 unspecified atom stereocenters. The maximum atomic E-state index is 5.01. The Morgan fingerprint density at radius 1 is 1.17 bits per heavy atom. The third-order valence-corrected chi connectivity index (χ3v) is 5.35. The molecule has 3 heterocycles. The van der Waals surface area contributed by atoms with Gasteiger partial charge < -0.3 is 5.32 Å². The van der Waals surface area contributed by atoms with Crippen molar-refractivity contribution < 1.29 is 0 Å². The van der Waals surface area contributed by atoms with Crippen molar-refractivity contribution in [1.29, 1.82) is 0 Å². The number of hydrogen-bond acceptors (Lipinski definition) is 3. The normalized spacial score (nSPS) is 14.2. The minimum atomic E-state index is 1.02. The third-order valence-electron chi connectivity index (χ3n) is 4.48. The number of rotatable bonds is 2. The average molecular weight is 323 g/mol. The molecule has 1 aliphatic rings. The number of fused-ring (bicyclic) bond motifs is 1. The molecule has 1 aromatic carbocycles. The Morgan fingerprint density at radius 3 is 2.91 bits per heavy atom. The van der Waals surface area contributed by atoms with Crippen molar-refractivity contribution in [1.82, 2.24) is 9.78 Å². The maximum Gasteiger partial charge on any atom is 0.133 e. The number of benzene rings is 1. The van der Waals surface area contributed by atoms with E-state index in [4.69, 9.17) is 5.10 Å². The molecule has 4 heteroatoms. The van der Waals surface area contributed by atoms with Crippen LogP contribution in [0.25, 0.3) is 16.3 Å². The zero-order chi connectivity index (χ0) is 15.8. The van der Waals surface area contributed by atoms with E-state index in [1.54, 1.807) is 11.3 Å². The van der Waals surface area contributed by atoms with Crippen LogP contribution in [-0.4, -0.2) is 16.3 Å². The quantitative estimate of drug-likeness (QED) is 0.722. The SMILES string of the molecule is Cc1ccc(C)c(-n2nc(-c3cccs3)c3c2NCCCC3)c1. The smallest absolute Gasteiger partial charge is 0.133 e. The fourth-order valence-corrected chi connectivity index (χ4v) is 3.97. The predicted molar refractivity (Wildman–Crippen MR) is 97.8 cm³/mol. The number of thiophene rings is 1. The number of anilines is 1. The lowest BCUT2D eigenvalue weighted by molar-refractivity contribution is 0.780. The molecule has 23 heavy (non-hydrogen) atoms. The van der Waals surface area contributed by atoms with Gasteiger partial charge in [-0.15, -0.1) is 11.3 Å². The molecule has 3 nitrogen and oxygen atoms in total. The topological polar surface area (TPSA) is 29.9 Å². The van der Waals surface area contributed by atoms with Gasteiger partial charge in [-0.3, -0.25) is 0 Å². The third kappa shape index (κ3) is 2.57. The molecule has 2 aromatic heterocycles. The Bertz CT molecular complexity index is 831. The van der Waals surface area contributed by atoms with Gasteiger partial charge in [0.05, 0.1) is 10.6 Å². The molecule has 118 valence electrons. The first-order valence-corrected chi connectivity index (χ1v) is 9.09. The van der Waals surface area contributed by atoms with Crippen LogP contribution in [0.15, 0.2) is 35.7 Å². The number of aromatic nitrogens is 2. The molecule has 0 saturated heterocycles. The van der Waals surface area contributed by atoms with E-state index < -0.39 is 0 Å². The number of aryl methyl sites for hydroxylation is 2. The first-order chi connectivity index (χ1) is 11.2. The molecule has 0 aliphatic carbocycles. The summed E-state index contributed by atoms with van der Waals surface area (Å²) < 4.78 is 2.12. The van der Waals surface area contributed by atoms with Crippen molar-refractivity contribution in [3.63, 3.8) is 0 Å². The highest BCUT2D eigenvalue weighted by Gasteiger charge is 2.22. The molecular formula is C19H21N3S. The van der Waals surface area contributed by atoms with Crippen LogP contribution in [0.2, 0.25) is 0 Å². The van der Waals surface area contributed by atoms with E-state index in [-0.39, 0.29) is 0 Å². The zero-order valence-corrected chi connectivity index (χ0v) is 14.4. The standard InChI is InChI=1S/C19H21N3S/c1-13-8-9-14(2)16(12-13)22-19-15(6-3-4-10-20-19)18(21-22)17-7-5-11-23-17/h5,7-9,11-12,20H,3-4,6,10H2,1-2H3. The van der Waals surface area contributed by atoms with E-state index in [9.17, 15) is 0 Å². The summed E-state index contributed by atoms with van der Waals surface area (Å²) in [5.41, 5.74) is 6.21. The van der Waals surface area contributed by atoms with Gasteiger partial charge in [-0.1, -0.05) is 18.2 Å². The predicted octanol–water partition coefficient (Wildman–Crippen LogP) is 4.97. The van der Waals surface area contributed by atoms with Crippen molar-refractivity contribution >= 4 is 17.2 Å². The van der Waals surface area contributed by atoms with Crippen molar-refractivity contribution in [2.45, 2.75) is 33.1 Å². The zero-order valence-electron chi connectivity index (χ0n) is 13.6. The van der Waals surface area contributed by atoms with Gasteiger partial charge in [0.2, 0.25) is 0 Å². The second-order valence-electron chi connectivity index (χ2n) is 6.24. The van der Waals surface area contributed by atoms with Gasteiger partial charge in [-0.05, 0) is 61.7 Å². The van der Waals surface area contributed by atoms with Gasteiger partial charge >= 0.3 is 0 Å². The lowest BCUT2D eigenvalue weighted by atomic mass is 10.1. The summed E-state index contributed by atoms with van der Waals surface area (Å²) >= 11 is 1.77. The van der Waals surface area contributed by atoms with Gasteiger partial charge in [-0.25, -0.2) is 4.68 Å². The van der Waals surface area contributed by atoms with Crippen LogP contribution in [0.1, 0.15) is 29.5 Å². The van der Waals surface area contributed by atoms with Crippen LogP contribution in [0.4, 0.5) is 5.82 Å². The highest BCUT2D eigenvalue weighted by atomic mass is 32.1. The van der Waals surface area contributed by atoms with Gasteiger partial charge in [0.1, 0.15) is 11.5 Å². The lowest BCUT2D eigenvalue weighted by Gasteiger charge is -2.12. The fourth-order valence-electron chi connectivity index (χ4n) is 3.24. The second kappa shape index (κ2) is 5.85. The minimum absolute atomic E-state index is 1.02. The summed E-state index contributed by atoms with van der Waals surface area (Å²) in [6.07, 6.45) is 3.53. The van der Waals surface area contributed by atoms with Crippen molar-refractivity contribution in [3.05, 3.63) is 52.4 Å². The Kier molecular flexibility index (Phi) is 3.69. The summed E-state index contributed by atoms with van der Waals surface area (Å²) in [5.74, 6) is 1.18. The van der Waals surface area contributed by atoms with E-state index in [1.165, 1.54) is 45.9 Å². The molecular weight excluding hydrogens is 302 g/mol. The Balaban J connectivity index is 1.95. The highest BCUT2D eigenvalue weighted by Crippen LogP contribution is 2.36. The summed E-state index contributed by atoms with van der Waals surface area (Å²) in [5, 5.41) is 10.8. The molecule has 4 rings (SSSR count). The van der Waals surface area contributed by atoms with Crippen LogP contribution in [0.3, 0.4) is 0 Å². The first kappa shape index (κ1) is 14.5. The largest absolute Gasteiger partial charge is 0.370 e. The Morgan fingerprint density at radius 2 is 2.09 bits per heavy atom. The second-order valence-corrected chi connectivity index (χ2v) is 7.19.